The van der Waals surface area contributed by atoms with Gasteiger partial charge in [-0.2, -0.15) is 0 Å². The number of rotatable bonds is 5. The molecule has 19 heavy (non-hydrogen) atoms. The molecule has 1 heterocycles. The Hall–Kier alpha value is -0.650. The summed E-state index contributed by atoms with van der Waals surface area (Å²) in [5.41, 5.74) is 1.47. The molecule has 3 nitrogen and oxygen atoms in total. The number of hydrogen-bond donors (Lipinski definition) is 0. The molecule has 0 fully saturated rings. The molecule has 0 bridgehead atoms. The van der Waals surface area contributed by atoms with Crippen LogP contribution in [0.1, 0.15) is 19.7 Å². The number of benzene rings is 1. The van der Waals surface area contributed by atoms with E-state index < -0.39 is 0 Å². The Bertz CT molecular complexity index is 588. The predicted octanol–water partition coefficient (Wildman–Crippen LogP) is 4.10. The lowest BCUT2D eigenvalue weighted by atomic mass is 10.3. The number of aromatic nitrogens is 2. The normalized spacial score (nSPS) is 13.1. The van der Waals surface area contributed by atoms with Crippen LogP contribution in [0.15, 0.2) is 16.6 Å². The van der Waals surface area contributed by atoms with Crippen LogP contribution in [0.3, 0.4) is 0 Å². The zero-order valence-corrected chi connectivity index (χ0v) is 13.1. The Balaban J connectivity index is 2.47. The molecule has 0 aliphatic heterocycles. The fourth-order valence-corrected chi connectivity index (χ4v) is 2.61. The van der Waals surface area contributed by atoms with Crippen molar-refractivity contribution in [3.8, 4) is 0 Å². The molecule has 0 spiro atoms. The lowest BCUT2D eigenvalue weighted by Gasteiger charge is -2.14. The van der Waals surface area contributed by atoms with Crippen LogP contribution < -0.4 is 0 Å². The lowest BCUT2D eigenvalue weighted by Crippen LogP contribution is -2.18. The number of halogens is 3. The van der Waals surface area contributed by atoms with Crippen LogP contribution in [0.2, 0.25) is 0 Å². The fourth-order valence-electron chi connectivity index (χ4n) is 2.07. The van der Waals surface area contributed by atoms with E-state index in [1.807, 2.05) is 18.4 Å². The Labute approximate surface area is 124 Å². The zero-order chi connectivity index (χ0) is 14.0. The second-order valence-electron chi connectivity index (χ2n) is 4.29. The fraction of sp³-hybridized carbons (Fsp3) is 0.462. The van der Waals surface area contributed by atoms with Gasteiger partial charge >= 0.3 is 0 Å². The van der Waals surface area contributed by atoms with E-state index in [9.17, 15) is 4.39 Å². The van der Waals surface area contributed by atoms with Gasteiger partial charge in [0.15, 0.2) is 0 Å². The average molecular weight is 350 g/mol. The highest BCUT2D eigenvalue weighted by atomic mass is 79.9. The van der Waals surface area contributed by atoms with Crippen molar-refractivity contribution in [3.05, 3.63) is 28.2 Å². The van der Waals surface area contributed by atoms with E-state index in [0.717, 1.165) is 16.9 Å². The van der Waals surface area contributed by atoms with Gasteiger partial charge in [-0.1, -0.05) is 0 Å². The molecule has 0 amide bonds. The van der Waals surface area contributed by atoms with Crippen molar-refractivity contribution in [1.29, 1.82) is 0 Å². The van der Waals surface area contributed by atoms with Crippen molar-refractivity contribution in [2.45, 2.75) is 32.4 Å². The van der Waals surface area contributed by atoms with Gasteiger partial charge < -0.3 is 9.30 Å². The van der Waals surface area contributed by atoms with Gasteiger partial charge in [0.2, 0.25) is 0 Å². The summed E-state index contributed by atoms with van der Waals surface area (Å²) < 4.78 is 21.5. The molecule has 2 aromatic rings. The van der Waals surface area contributed by atoms with Crippen LogP contribution in [0.4, 0.5) is 4.39 Å². The topological polar surface area (TPSA) is 27.1 Å². The highest BCUT2D eigenvalue weighted by Crippen LogP contribution is 2.25. The van der Waals surface area contributed by atoms with E-state index in [0.29, 0.717) is 17.6 Å². The summed E-state index contributed by atoms with van der Waals surface area (Å²) in [5, 5.41) is 0. The van der Waals surface area contributed by atoms with Gasteiger partial charge in [0.25, 0.3) is 0 Å². The van der Waals surface area contributed by atoms with Gasteiger partial charge in [-0.25, -0.2) is 9.37 Å². The van der Waals surface area contributed by atoms with E-state index in [4.69, 9.17) is 16.3 Å². The van der Waals surface area contributed by atoms with E-state index in [-0.39, 0.29) is 17.8 Å². The van der Waals surface area contributed by atoms with Crippen LogP contribution in [-0.4, -0.2) is 22.3 Å². The number of imidazole rings is 1. The van der Waals surface area contributed by atoms with E-state index >= 15 is 0 Å². The molecule has 0 N–H and O–H groups in total. The molecule has 0 aliphatic rings. The molecule has 0 radical (unpaired) electrons. The second kappa shape index (κ2) is 6.20. The molecule has 1 aromatic carbocycles. The number of alkyl halides is 1. The van der Waals surface area contributed by atoms with Crippen LogP contribution in [0, 0.1) is 5.82 Å². The van der Waals surface area contributed by atoms with Gasteiger partial charge in [-0.15, -0.1) is 11.6 Å². The second-order valence-corrected chi connectivity index (χ2v) is 5.41. The molecule has 1 unspecified atom stereocenters. The standard InChI is InChI=1S/C13H15BrClFN2O/c1-3-19-8(2)7-18-12-5-10(16)9(14)4-11(12)17-13(18)6-15/h4-5,8H,3,6-7H2,1-2H3. The number of nitrogens with zero attached hydrogens (tertiary/aromatic N) is 2. The first-order chi connectivity index (χ1) is 9.06. The van der Waals surface area contributed by atoms with Gasteiger partial charge in [0.1, 0.15) is 11.6 Å². The minimum absolute atomic E-state index is 0.0241. The molecule has 0 aliphatic carbocycles. The highest BCUT2D eigenvalue weighted by Gasteiger charge is 2.15. The molecule has 104 valence electrons. The smallest absolute Gasteiger partial charge is 0.139 e. The van der Waals surface area contributed by atoms with Crippen LogP contribution in [-0.2, 0) is 17.2 Å². The number of hydrogen-bond acceptors (Lipinski definition) is 2. The summed E-state index contributed by atoms with van der Waals surface area (Å²) in [6.07, 6.45) is 0.0241. The Morgan fingerprint density at radius 3 is 2.89 bits per heavy atom. The predicted molar refractivity (Wildman–Crippen MR) is 78.0 cm³/mol. The first kappa shape index (κ1) is 14.8. The monoisotopic (exact) mass is 348 g/mol. The van der Waals surface area contributed by atoms with Gasteiger partial charge in [-0.3, -0.25) is 0 Å². The molecule has 1 aromatic heterocycles. The maximum atomic E-state index is 13.7. The number of fused-ring (bicyclic) bond motifs is 1. The zero-order valence-electron chi connectivity index (χ0n) is 10.8. The summed E-state index contributed by atoms with van der Waals surface area (Å²) in [6, 6.07) is 3.14. The molecule has 6 heteroatoms. The van der Waals surface area contributed by atoms with Gasteiger partial charge in [0.05, 0.1) is 34.0 Å². The maximum absolute atomic E-state index is 13.7. The first-order valence-electron chi connectivity index (χ1n) is 6.08. The third-order valence-electron chi connectivity index (χ3n) is 2.88. The molecule has 1 atom stereocenters. The van der Waals surface area contributed by atoms with E-state index in [1.54, 1.807) is 6.07 Å². The third kappa shape index (κ3) is 3.09. The average Bonchev–Trinajstić information content (AvgIpc) is 2.68. The summed E-state index contributed by atoms with van der Waals surface area (Å²) in [7, 11) is 0. The summed E-state index contributed by atoms with van der Waals surface area (Å²) >= 11 is 9.08. The minimum Gasteiger partial charge on any atom is -0.377 e. The van der Waals surface area contributed by atoms with Gasteiger partial charge in [-0.05, 0) is 35.8 Å². The van der Waals surface area contributed by atoms with Crippen molar-refractivity contribution in [2.24, 2.45) is 0 Å². The third-order valence-corrected chi connectivity index (χ3v) is 3.73. The summed E-state index contributed by atoms with van der Waals surface area (Å²) in [4.78, 5) is 4.43. The van der Waals surface area contributed by atoms with E-state index in [2.05, 4.69) is 20.9 Å². The van der Waals surface area contributed by atoms with E-state index in [1.165, 1.54) is 6.07 Å². The van der Waals surface area contributed by atoms with Crippen molar-refractivity contribution in [3.63, 3.8) is 0 Å². The highest BCUT2D eigenvalue weighted by molar-refractivity contribution is 9.10. The SMILES string of the molecule is CCOC(C)Cn1c(CCl)nc2cc(Br)c(F)cc21. The van der Waals surface area contributed by atoms with Crippen molar-refractivity contribution in [2.75, 3.05) is 6.61 Å². The maximum Gasteiger partial charge on any atom is 0.139 e. The molecular formula is C13H15BrClFN2O. The quantitative estimate of drug-likeness (QED) is 0.760. The first-order valence-corrected chi connectivity index (χ1v) is 7.41. The lowest BCUT2D eigenvalue weighted by molar-refractivity contribution is 0.0643. The summed E-state index contributed by atoms with van der Waals surface area (Å²) in [6.45, 7) is 5.17. The van der Waals surface area contributed by atoms with Crippen LogP contribution in [0.5, 0.6) is 0 Å². The van der Waals surface area contributed by atoms with Crippen LogP contribution in [0.25, 0.3) is 11.0 Å². The van der Waals surface area contributed by atoms with Crippen molar-refractivity contribution < 1.29 is 9.13 Å². The van der Waals surface area contributed by atoms with Crippen molar-refractivity contribution >= 4 is 38.6 Å². The minimum atomic E-state index is -0.307. The Kier molecular flexibility index (Phi) is 4.81. The van der Waals surface area contributed by atoms with Crippen molar-refractivity contribution in [1.82, 2.24) is 9.55 Å². The number of ether oxygens (including phenoxy) is 1. The Morgan fingerprint density at radius 1 is 1.53 bits per heavy atom. The Morgan fingerprint density at radius 2 is 2.26 bits per heavy atom. The summed E-state index contributed by atoms with van der Waals surface area (Å²) in [5.74, 6) is 0.701. The molecular weight excluding hydrogens is 335 g/mol. The molecule has 0 saturated heterocycles. The molecule has 2 rings (SSSR count). The molecule has 0 saturated carbocycles. The largest absolute Gasteiger partial charge is 0.377 e. The van der Waals surface area contributed by atoms with Gasteiger partial charge in [0, 0.05) is 12.7 Å². The van der Waals surface area contributed by atoms with Crippen LogP contribution >= 0.6 is 27.5 Å².